The van der Waals surface area contributed by atoms with Gasteiger partial charge in [0.15, 0.2) is 0 Å². The number of nitrogens with zero attached hydrogens (tertiary/aromatic N) is 1. The van der Waals surface area contributed by atoms with Gasteiger partial charge in [-0.3, -0.25) is 9.20 Å². The highest BCUT2D eigenvalue weighted by atomic mass is 16.1. The van der Waals surface area contributed by atoms with E-state index in [1.165, 1.54) is 66.8 Å². The lowest BCUT2D eigenvalue weighted by Crippen LogP contribution is -2.12. The molecule has 2 aliphatic rings. The van der Waals surface area contributed by atoms with Gasteiger partial charge in [-0.25, -0.2) is 0 Å². The zero-order valence-electron chi connectivity index (χ0n) is 32.2. The Bertz CT molecular complexity index is 3640. The van der Waals surface area contributed by atoms with Crippen LogP contribution in [0.4, 0.5) is 0 Å². The lowest BCUT2D eigenvalue weighted by molar-refractivity contribution is 1.21. The van der Waals surface area contributed by atoms with E-state index in [-0.39, 0.29) is 5.56 Å². The van der Waals surface area contributed by atoms with E-state index in [0.29, 0.717) is 0 Å². The van der Waals surface area contributed by atoms with Gasteiger partial charge in [0, 0.05) is 21.5 Å². The second-order valence-corrected chi connectivity index (χ2v) is 16.4. The molecule has 0 radical (unpaired) electrons. The SMILES string of the molecule is O=c1c2ccccc2c2cc(-c3cccc(-c4ccc5c(c4)-c4ccccc4C5)c3)cc3c4cc(-c5cccc(-c6ccc7c(c6)-c6ccccc6C7)c5)ccc4n1c23. The van der Waals surface area contributed by atoms with Gasteiger partial charge in [-0.05, 0) is 162 Å². The second-order valence-electron chi connectivity index (χ2n) is 16.4. The molecule has 0 spiro atoms. The first-order valence-corrected chi connectivity index (χ1v) is 20.5. The molecule has 274 valence electrons. The zero-order chi connectivity index (χ0) is 38.8. The molecule has 0 N–H and O–H groups in total. The van der Waals surface area contributed by atoms with Gasteiger partial charge in [-0.1, -0.05) is 133 Å². The molecule has 59 heavy (non-hydrogen) atoms. The van der Waals surface area contributed by atoms with E-state index in [1.807, 2.05) is 22.6 Å². The molecule has 0 bridgehead atoms. The molecule has 0 amide bonds. The molecule has 0 atom stereocenters. The van der Waals surface area contributed by atoms with Crippen LogP contribution in [0.2, 0.25) is 0 Å². The fourth-order valence-electron chi connectivity index (χ4n) is 10.3. The van der Waals surface area contributed by atoms with E-state index in [1.54, 1.807) is 0 Å². The molecule has 0 fully saturated rings. The summed E-state index contributed by atoms with van der Waals surface area (Å²) in [6, 6.07) is 68.5. The van der Waals surface area contributed by atoms with Gasteiger partial charge >= 0.3 is 0 Å². The van der Waals surface area contributed by atoms with Crippen molar-refractivity contribution in [3.05, 3.63) is 221 Å². The Morgan fingerprint density at radius 3 is 1.36 bits per heavy atom. The molecule has 0 aliphatic heterocycles. The maximum absolute atomic E-state index is 14.4. The first kappa shape index (κ1) is 32.5. The van der Waals surface area contributed by atoms with E-state index in [9.17, 15) is 4.79 Å². The number of rotatable bonds is 4. The van der Waals surface area contributed by atoms with Crippen LogP contribution in [0.1, 0.15) is 22.3 Å². The van der Waals surface area contributed by atoms with Crippen LogP contribution in [0, 0.1) is 0 Å². The van der Waals surface area contributed by atoms with Crippen molar-refractivity contribution in [1.82, 2.24) is 4.40 Å². The number of aromatic nitrogens is 1. The molecule has 0 saturated heterocycles. The molecule has 2 nitrogen and oxygen atoms in total. The van der Waals surface area contributed by atoms with Crippen molar-refractivity contribution < 1.29 is 0 Å². The molecular weight excluding hydrogens is 715 g/mol. The van der Waals surface area contributed by atoms with Gasteiger partial charge in [0.05, 0.1) is 11.0 Å². The van der Waals surface area contributed by atoms with Crippen LogP contribution in [-0.4, -0.2) is 4.40 Å². The van der Waals surface area contributed by atoms with Crippen LogP contribution in [0.25, 0.3) is 105 Å². The highest BCUT2D eigenvalue weighted by Crippen LogP contribution is 2.43. The van der Waals surface area contributed by atoms with Crippen molar-refractivity contribution in [1.29, 1.82) is 0 Å². The van der Waals surface area contributed by atoms with E-state index in [4.69, 9.17) is 0 Å². The van der Waals surface area contributed by atoms with Crippen molar-refractivity contribution in [3.8, 4) is 66.8 Å². The van der Waals surface area contributed by atoms with Crippen molar-refractivity contribution in [3.63, 3.8) is 0 Å². The Kier molecular flexibility index (Phi) is 6.74. The minimum atomic E-state index is 0.0222. The maximum Gasteiger partial charge on any atom is 0.263 e. The fraction of sp³-hybridized carbons (Fsp3) is 0.0351. The summed E-state index contributed by atoms with van der Waals surface area (Å²) in [5, 5.41) is 4.97. The number of pyridine rings is 1. The molecule has 11 aromatic rings. The van der Waals surface area contributed by atoms with E-state index in [0.717, 1.165) is 73.1 Å². The van der Waals surface area contributed by atoms with Gasteiger partial charge in [0.2, 0.25) is 0 Å². The molecule has 2 heterocycles. The summed E-state index contributed by atoms with van der Waals surface area (Å²) < 4.78 is 1.95. The third kappa shape index (κ3) is 4.84. The highest BCUT2D eigenvalue weighted by molar-refractivity contribution is 6.22. The van der Waals surface area contributed by atoms with Crippen LogP contribution in [0.15, 0.2) is 193 Å². The average molecular weight is 750 g/mol. The predicted molar refractivity (Wildman–Crippen MR) is 246 cm³/mol. The zero-order valence-corrected chi connectivity index (χ0v) is 32.2. The normalized spacial score (nSPS) is 12.7. The van der Waals surface area contributed by atoms with Gasteiger partial charge in [-0.15, -0.1) is 0 Å². The molecule has 0 saturated carbocycles. The van der Waals surface area contributed by atoms with Crippen LogP contribution in [0.5, 0.6) is 0 Å². The first-order chi connectivity index (χ1) is 29.1. The third-order valence-electron chi connectivity index (χ3n) is 13.2. The average Bonchev–Trinajstić information content (AvgIpc) is 3.97. The molecule has 2 heteroatoms. The molecule has 13 rings (SSSR count). The number of hydrogen-bond donors (Lipinski definition) is 0. The van der Waals surface area contributed by atoms with Crippen molar-refractivity contribution in [2.45, 2.75) is 12.8 Å². The summed E-state index contributed by atoms with van der Waals surface area (Å²) in [4.78, 5) is 14.4. The lowest BCUT2D eigenvalue weighted by atomic mass is 9.93. The smallest absolute Gasteiger partial charge is 0.263 e. The summed E-state index contributed by atoms with van der Waals surface area (Å²) in [6.07, 6.45) is 1.98. The largest absolute Gasteiger partial charge is 0.275 e. The van der Waals surface area contributed by atoms with Gasteiger partial charge < -0.3 is 0 Å². The Balaban J connectivity index is 0.969. The third-order valence-corrected chi connectivity index (χ3v) is 13.2. The number of hydrogen-bond acceptors (Lipinski definition) is 1. The molecule has 2 aliphatic carbocycles. The maximum atomic E-state index is 14.4. The Hall–Kier alpha value is -7.55. The molecule has 9 aromatic carbocycles. The van der Waals surface area contributed by atoms with Gasteiger partial charge in [-0.2, -0.15) is 0 Å². The Morgan fingerprint density at radius 2 is 0.746 bits per heavy atom. The van der Waals surface area contributed by atoms with Crippen molar-refractivity contribution in [2.24, 2.45) is 0 Å². The molecule has 2 aromatic heterocycles. The summed E-state index contributed by atoms with van der Waals surface area (Å²) in [5.74, 6) is 0. The lowest BCUT2D eigenvalue weighted by Gasteiger charge is -2.11. The minimum Gasteiger partial charge on any atom is -0.275 e. The summed E-state index contributed by atoms with van der Waals surface area (Å²) >= 11 is 0. The number of fused-ring (bicyclic) bond motifs is 11. The monoisotopic (exact) mass is 749 g/mol. The first-order valence-electron chi connectivity index (χ1n) is 20.5. The number of benzene rings is 9. The summed E-state index contributed by atoms with van der Waals surface area (Å²) in [5.41, 5.74) is 22.2. The highest BCUT2D eigenvalue weighted by Gasteiger charge is 2.22. The van der Waals surface area contributed by atoms with Gasteiger partial charge in [0.25, 0.3) is 5.56 Å². The minimum absolute atomic E-state index is 0.0222. The van der Waals surface area contributed by atoms with Crippen LogP contribution in [-0.2, 0) is 12.8 Å². The Morgan fingerprint density at radius 1 is 0.305 bits per heavy atom. The van der Waals surface area contributed by atoms with Gasteiger partial charge in [0.1, 0.15) is 0 Å². The topological polar surface area (TPSA) is 21.5 Å². The predicted octanol–water partition coefficient (Wildman–Crippen LogP) is 14.0. The van der Waals surface area contributed by atoms with Crippen LogP contribution in [0.3, 0.4) is 0 Å². The van der Waals surface area contributed by atoms with Crippen molar-refractivity contribution in [2.75, 3.05) is 0 Å². The van der Waals surface area contributed by atoms with E-state index < -0.39 is 0 Å². The van der Waals surface area contributed by atoms with Crippen LogP contribution < -0.4 is 5.56 Å². The van der Waals surface area contributed by atoms with E-state index in [2.05, 4.69) is 170 Å². The molecule has 0 unspecified atom stereocenters. The molecular formula is C57H35NO. The summed E-state index contributed by atoms with van der Waals surface area (Å²) in [6.45, 7) is 0. The van der Waals surface area contributed by atoms with Crippen molar-refractivity contribution >= 4 is 38.0 Å². The second kappa shape index (κ2) is 12.2. The summed E-state index contributed by atoms with van der Waals surface area (Å²) in [7, 11) is 0. The quantitative estimate of drug-likeness (QED) is 0.164. The van der Waals surface area contributed by atoms with E-state index >= 15 is 0 Å². The Labute approximate surface area is 341 Å². The van der Waals surface area contributed by atoms with Crippen LogP contribution >= 0.6 is 0 Å². The fourth-order valence-corrected chi connectivity index (χ4v) is 10.3. The standard InChI is InChI=1S/C57H35NO/c59-57-49-18-6-5-17-48(49)53-32-45(37-14-8-13-36(26-37)39-20-22-44-28-42-10-2-4-16-47(42)51(44)30-39)33-54-52-31-40(23-24-55(52)58(57)56(53)54)35-12-7-11-34(25-35)38-19-21-43-27-41-9-1-3-15-46(41)50(43)29-38/h1-26,29-33H,27-28H2.